The van der Waals surface area contributed by atoms with E-state index < -0.39 is 0 Å². The Morgan fingerprint density at radius 3 is 1.58 bits per heavy atom. The molecule has 11 aromatic carbocycles. The summed E-state index contributed by atoms with van der Waals surface area (Å²) in [6.45, 7) is 0. The number of benzene rings is 11. The fourth-order valence-corrected chi connectivity index (χ4v) is 10.3. The first kappa shape index (κ1) is 36.5. The van der Waals surface area contributed by atoms with Crippen molar-refractivity contribution in [3.63, 3.8) is 0 Å². The Kier molecular flexibility index (Phi) is 7.91. The molecule has 0 amide bonds. The SMILES string of the molecule is c1ccc(-c2cc(-n3c4cc5ccccc5cc4c4cc5ccccc5cc43)c3ccccc3c2-c2nc(-c3ccc4ccccc4c3)nc(-c3cccc4c3oc3ccccc34)n2)cc1. The molecule has 5 heteroatoms. The van der Waals surface area contributed by atoms with Gasteiger partial charge in [-0.2, -0.15) is 0 Å². The van der Waals surface area contributed by atoms with Crippen molar-refractivity contribution in [2.45, 2.75) is 0 Å². The predicted octanol–water partition coefficient (Wildman–Crippen LogP) is 16.1. The van der Waals surface area contributed by atoms with E-state index in [1.165, 1.54) is 32.3 Å². The van der Waals surface area contributed by atoms with Crippen molar-refractivity contribution < 1.29 is 4.42 Å². The van der Waals surface area contributed by atoms with Gasteiger partial charge in [-0.15, -0.1) is 0 Å². The molecule has 5 nitrogen and oxygen atoms in total. The maximum absolute atomic E-state index is 6.63. The average Bonchev–Trinajstić information content (AvgIpc) is 3.91. The standard InChI is InChI=1S/C61H36N4O/c1-2-16-38(17-3-1)50-36-55(65-53-34-42-21-8-6-19-40(42)32-51(53)52-33-41-20-7-9-22-43(41)35-54(52)65)45-23-10-11-25-47(45)57(50)61-63-59(44-30-29-37-15-4-5-18-39(37)31-44)62-60(64-61)49-27-14-26-48-46-24-12-13-28-56(46)66-58(48)49/h1-36H. The zero-order valence-electron chi connectivity index (χ0n) is 35.5. The topological polar surface area (TPSA) is 56.7 Å². The van der Waals surface area contributed by atoms with Crippen LogP contribution in [0.4, 0.5) is 0 Å². The normalized spacial score (nSPS) is 11.9. The fourth-order valence-electron chi connectivity index (χ4n) is 10.3. The first-order valence-electron chi connectivity index (χ1n) is 22.3. The van der Waals surface area contributed by atoms with Crippen molar-refractivity contribution in [1.29, 1.82) is 0 Å². The van der Waals surface area contributed by atoms with E-state index in [-0.39, 0.29) is 0 Å². The molecule has 3 heterocycles. The Morgan fingerprint density at radius 1 is 0.318 bits per heavy atom. The molecule has 306 valence electrons. The van der Waals surface area contributed by atoms with Gasteiger partial charge in [0.2, 0.25) is 0 Å². The maximum Gasteiger partial charge on any atom is 0.167 e. The summed E-state index contributed by atoms with van der Waals surface area (Å²) >= 11 is 0. The Morgan fingerprint density at radius 2 is 0.864 bits per heavy atom. The summed E-state index contributed by atoms with van der Waals surface area (Å²) < 4.78 is 9.10. The second kappa shape index (κ2) is 14.3. The lowest BCUT2D eigenvalue weighted by Gasteiger charge is -2.19. The third kappa shape index (κ3) is 5.63. The minimum absolute atomic E-state index is 0.543. The van der Waals surface area contributed by atoms with Crippen LogP contribution in [-0.2, 0) is 0 Å². The summed E-state index contributed by atoms with van der Waals surface area (Å²) in [7, 11) is 0. The van der Waals surface area contributed by atoms with Crippen molar-refractivity contribution in [1.82, 2.24) is 19.5 Å². The molecule has 0 unspecified atom stereocenters. The van der Waals surface area contributed by atoms with Gasteiger partial charge in [0.05, 0.1) is 22.3 Å². The summed E-state index contributed by atoms with van der Waals surface area (Å²) in [5.41, 5.74) is 9.66. The van der Waals surface area contributed by atoms with Crippen LogP contribution < -0.4 is 0 Å². The third-order valence-corrected chi connectivity index (χ3v) is 13.4. The second-order valence-electron chi connectivity index (χ2n) is 17.1. The zero-order valence-corrected chi connectivity index (χ0v) is 35.5. The number of hydrogen-bond acceptors (Lipinski definition) is 4. The lowest BCUT2D eigenvalue weighted by molar-refractivity contribution is 0.669. The van der Waals surface area contributed by atoms with Crippen LogP contribution in [0.5, 0.6) is 0 Å². The third-order valence-electron chi connectivity index (χ3n) is 13.4. The van der Waals surface area contributed by atoms with Crippen LogP contribution in [0, 0.1) is 0 Å². The molecule has 3 aromatic heterocycles. The number of aromatic nitrogens is 4. The largest absolute Gasteiger partial charge is 0.455 e. The van der Waals surface area contributed by atoms with Crippen molar-refractivity contribution in [2.24, 2.45) is 0 Å². The first-order chi connectivity index (χ1) is 32.7. The lowest BCUT2D eigenvalue weighted by Crippen LogP contribution is -2.04. The minimum Gasteiger partial charge on any atom is -0.455 e. The fraction of sp³-hybridized carbons (Fsp3) is 0. The molecular formula is C61H36N4O. The van der Waals surface area contributed by atoms with Gasteiger partial charge in [-0.25, -0.2) is 15.0 Å². The van der Waals surface area contributed by atoms with E-state index in [4.69, 9.17) is 19.4 Å². The van der Waals surface area contributed by atoms with E-state index in [0.717, 1.165) is 88.0 Å². The van der Waals surface area contributed by atoms with Crippen LogP contribution in [0.3, 0.4) is 0 Å². The van der Waals surface area contributed by atoms with E-state index in [1.807, 2.05) is 18.2 Å². The molecule has 0 radical (unpaired) electrons. The highest BCUT2D eigenvalue weighted by Crippen LogP contribution is 2.45. The zero-order chi connectivity index (χ0) is 43.3. The lowest BCUT2D eigenvalue weighted by atomic mass is 9.92. The van der Waals surface area contributed by atoms with Gasteiger partial charge < -0.3 is 8.98 Å². The highest BCUT2D eigenvalue weighted by molar-refractivity contribution is 6.18. The summed E-state index contributed by atoms with van der Waals surface area (Å²) in [4.78, 5) is 16.3. The van der Waals surface area contributed by atoms with Crippen LogP contribution in [0.25, 0.3) is 138 Å². The molecule has 0 saturated carbocycles. The van der Waals surface area contributed by atoms with Gasteiger partial charge in [0.25, 0.3) is 0 Å². The van der Waals surface area contributed by atoms with E-state index in [1.54, 1.807) is 0 Å². The van der Waals surface area contributed by atoms with Crippen molar-refractivity contribution in [3.8, 4) is 51.0 Å². The highest BCUT2D eigenvalue weighted by atomic mass is 16.3. The van der Waals surface area contributed by atoms with Gasteiger partial charge in [-0.1, -0.05) is 170 Å². The van der Waals surface area contributed by atoms with Crippen LogP contribution >= 0.6 is 0 Å². The Hall–Kier alpha value is -8.93. The summed E-state index contributed by atoms with van der Waals surface area (Å²) in [5.74, 6) is 1.71. The van der Waals surface area contributed by atoms with Gasteiger partial charge in [0.1, 0.15) is 11.2 Å². The van der Waals surface area contributed by atoms with Crippen LogP contribution in [-0.4, -0.2) is 19.5 Å². The maximum atomic E-state index is 6.63. The summed E-state index contributed by atoms with van der Waals surface area (Å²) in [6.07, 6.45) is 0. The molecule has 14 aromatic rings. The molecule has 0 aliphatic heterocycles. The van der Waals surface area contributed by atoms with Crippen molar-refractivity contribution in [3.05, 3.63) is 218 Å². The number of fused-ring (bicyclic) bond motifs is 10. The van der Waals surface area contributed by atoms with Gasteiger partial charge in [-0.3, -0.25) is 0 Å². The van der Waals surface area contributed by atoms with Gasteiger partial charge in [0.15, 0.2) is 17.5 Å². The van der Waals surface area contributed by atoms with Crippen LogP contribution in [0.2, 0.25) is 0 Å². The number of nitrogens with zero attached hydrogens (tertiary/aromatic N) is 4. The van der Waals surface area contributed by atoms with Crippen LogP contribution in [0.1, 0.15) is 0 Å². The van der Waals surface area contributed by atoms with E-state index in [2.05, 4.69) is 205 Å². The van der Waals surface area contributed by atoms with E-state index in [0.29, 0.717) is 17.5 Å². The molecule has 0 aliphatic rings. The molecule has 0 bridgehead atoms. The quantitative estimate of drug-likeness (QED) is 0.173. The van der Waals surface area contributed by atoms with E-state index in [9.17, 15) is 0 Å². The molecule has 0 N–H and O–H groups in total. The van der Waals surface area contributed by atoms with Crippen LogP contribution in [0.15, 0.2) is 223 Å². The molecule has 14 rings (SSSR count). The van der Waals surface area contributed by atoms with E-state index >= 15 is 0 Å². The number of rotatable bonds is 5. The number of furan rings is 1. The average molecular weight is 841 g/mol. The molecule has 0 aliphatic carbocycles. The minimum atomic E-state index is 0.543. The highest BCUT2D eigenvalue weighted by Gasteiger charge is 2.24. The van der Waals surface area contributed by atoms with Gasteiger partial charge in [-0.05, 0) is 97.4 Å². The molecule has 0 fully saturated rings. The van der Waals surface area contributed by atoms with Gasteiger partial charge in [0, 0.05) is 38.1 Å². The molecule has 66 heavy (non-hydrogen) atoms. The Bertz CT molecular complexity index is 4200. The van der Waals surface area contributed by atoms with Crippen molar-refractivity contribution in [2.75, 3.05) is 0 Å². The predicted molar refractivity (Wildman–Crippen MR) is 273 cm³/mol. The Balaban J connectivity index is 1.10. The van der Waals surface area contributed by atoms with Crippen molar-refractivity contribution >= 4 is 86.8 Å². The molecule has 0 saturated heterocycles. The molecule has 0 atom stereocenters. The van der Waals surface area contributed by atoms with Gasteiger partial charge >= 0.3 is 0 Å². The number of hydrogen-bond donors (Lipinski definition) is 0. The Labute approximate surface area is 378 Å². The smallest absolute Gasteiger partial charge is 0.167 e. The summed E-state index contributed by atoms with van der Waals surface area (Å²) in [5, 5.41) is 13.7. The number of para-hydroxylation sites is 2. The monoisotopic (exact) mass is 840 g/mol. The first-order valence-corrected chi connectivity index (χ1v) is 22.3. The molecular weight excluding hydrogens is 805 g/mol. The summed E-state index contributed by atoms with van der Waals surface area (Å²) in [6, 6.07) is 77.7. The molecule has 0 spiro atoms. The second-order valence-corrected chi connectivity index (χ2v) is 17.1.